The average molecular weight is 178 g/mol. The van der Waals surface area contributed by atoms with Gasteiger partial charge >= 0.3 is 0 Å². The van der Waals surface area contributed by atoms with Crippen molar-refractivity contribution < 1.29 is 0 Å². The Kier molecular flexibility index (Phi) is 15.1. The molecule has 0 atom stereocenters. The molecule has 0 heteroatoms. The van der Waals surface area contributed by atoms with Crippen LogP contribution in [-0.2, 0) is 0 Å². The zero-order valence-electron chi connectivity index (χ0n) is 9.38. The van der Waals surface area contributed by atoms with Crippen LogP contribution >= 0.6 is 0 Å². The molecule has 0 N–H and O–H groups in total. The maximum Gasteiger partial charge on any atom is -0.0160 e. The van der Waals surface area contributed by atoms with Gasteiger partial charge in [-0.1, -0.05) is 55.9 Å². The fourth-order valence-electron chi connectivity index (χ4n) is 0.686. The van der Waals surface area contributed by atoms with Crippen LogP contribution in [0.4, 0.5) is 0 Å². The largest absolute Gasteiger partial charge is 0.103 e. The molecule has 0 heterocycles. The Morgan fingerprint density at radius 2 is 1.85 bits per heavy atom. The maximum atomic E-state index is 3.36. The molecule has 0 amide bonds. The molecule has 0 aromatic heterocycles. The summed E-state index contributed by atoms with van der Waals surface area (Å²) in [5, 5.41) is 0. The Hall–Kier alpha value is -1.04. The van der Waals surface area contributed by atoms with E-state index >= 15 is 0 Å². The molecule has 1 rings (SSSR count). The first kappa shape index (κ1) is 14.5. The zero-order valence-corrected chi connectivity index (χ0v) is 9.38. The fraction of sp³-hybridized carbons (Fsp3) is 0.385. The van der Waals surface area contributed by atoms with Crippen LogP contribution in [-0.4, -0.2) is 0 Å². The Morgan fingerprint density at radius 1 is 1.31 bits per heavy atom. The molecule has 0 radical (unpaired) electrons. The smallest absolute Gasteiger partial charge is 0.0160 e. The zero-order chi connectivity index (χ0) is 10.5. The van der Waals surface area contributed by atoms with Crippen LogP contribution in [0.3, 0.4) is 0 Å². The second kappa shape index (κ2) is 13.5. The van der Waals surface area contributed by atoms with E-state index in [-0.39, 0.29) is 0 Å². The third-order valence-electron chi connectivity index (χ3n) is 1.18. The third kappa shape index (κ3) is 13.9. The molecular formula is C13H22. The van der Waals surface area contributed by atoms with E-state index in [1.54, 1.807) is 6.08 Å². The molecule has 0 aromatic rings. The highest BCUT2D eigenvalue weighted by molar-refractivity contribution is 5.24. The minimum atomic E-state index is 1.08. The van der Waals surface area contributed by atoms with Crippen LogP contribution in [0.2, 0.25) is 0 Å². The molecule has 0 aliphatic heterocycles. The van der Waals surface area contributed by atoms with Crippen LogP contribution in [0.15, 0.2) is 48.6 Å². The quantitative estimate of drug-likeness (QED) is 0.473. The fourth-order valence-corrected chi connectivity index (χ4v) is 0.686. The van der Waals surface area contributed by atoms with Crippen molar-refractivity contribution in [1.29, 1.82) is 0 Å². The summed E-state index contributed by atoms with van der Waals surface area (Å²) in [6.45, 7) is 11.4. The molecule has 74 valence electrons. The summed E-state index contributed by atoms with van der Waals surface area (Å²) in [6.07, 6.45) is 13.4. The summed E-state index contributed by atoms with van der Waals surface area (Å²) in [6, 6.07) is 0. The first-order chi connectivity index (χ1) is 6.31. The van der Waals surface area contributed by atoms with Crippen molar-refractivity contribution in [3.05, 3.63) is 48.6 Å². The molecule has 0 saturated carbocycles. The van der Waals surface area contributed by atoms with Crippen LogP contribution in [0, 0.1) is 0 Å². The second-order valence-electron chi connectivity index (χ2n) is 2.38. The van der Waals surface area contributed by atoms with E-state index in [2.05, 4.69) is 43.9 Å². The number of hydrogen-bond donors (Lipinski definition) is 0. The van der Waals surface area contributed by atoms with Crippen LogP contribution in [0.25, 0.3) is 0 Å². The Balaban J connectivity index is 0. The van der Waals surface area contributed by atoms with E-state index in [4.69, 9.17) is 0 Å². The van der Waals surface area contributed by atoms with Crippen molar-refractivity contribution in [2.75, 3.05) is 0 Å². The lowest BCUT2D eigenvalue weighted by Gasteiger charge is -1.82. The molecule has 13 heavy (non-hydrogen) atoms. The van der Waals surface area contributed by atoms with E-state index in [1.807, 2.05) is 20.8 Å². The molecule has 0 aromatic carbocycles. The van der Waals surface area contributed by atoms with E-state index in [0.717, 1.165) is 6.42 Å². The van der Waals surface area contributed by atoms with Crippen molar-refractivity contribution in [2.45, 2.75) is 34.1 Å². The lowest BCUT2D eigenvalue weighted by Crippen LogP contribution is -1.62. The minimum absolute atomic E-state index is 1.08. The van der Waals surface area contributed by atoms with Gasteiger partial charge in [-0.3, -0.25) is 0 Å². The highest BCUT2D eigenvalue weighted by atomic mass is 13.9. The molecule has 0 bridgehead atoms. The highest BCUT2D eigenvalue weighted by Crippen LogP contribution is 2.01. The van der Waals surface area contributed by atoms with Gasteiger partial charge in [0.15, 0.2) is 0 Å². The second-order valence-corrected chi connectivity index (χ2v) is 2.38. The summed E-state index contributed by atoms with van der Waals surface area (Å²) in [5.41, 5.74) is 1.36. The van der Waals surface area contributed by atoms with E-state index < -0.39 is 0 Å². The van der Waals surface area contributed by atoms with Gasteiger partial charge in [0.05, 0.1) is 0 Å². The van der Waals surface area contributed by atoms with E-state index in [9.17, 15) is 0 Å². The first-order valence-electron chi connectivity index (χ1n) is 4.88. The molecular weight excluding hydrogens is 156 g/mol. The van der Waals surface area contributed by atoms with Gasteiger partial charge in [-0.15, -0.1) is 6.58 Å². The van der Waals surface area contributed by atoms with Gasteiger partial charge in [-0.2, -0.15) is 0 Å². The summed E-state index contributed by atoms with van der Waals surface area (Å²) >= 11 is 0. The molecule has 1 aliphatic rings. The normalized spacial score (nSPS) is 12.5. The van der Waals surface area contributed by atoms with Gasteiger partial charge < -0.3 is 0 Å². The van der Waals surface area contributed by atoms with Gasteiger partial charge in [-0.25, -0.2) is 0 Å². The van der Waals surface area contributed by atoms with Gasteiger partial charge in [0.25, 0.3) is 0 Å². The molecule has 0 saturated heterocycles. The molecule has 0 spiro atoms. The van der Waals surface area contributed by atoms with Crippen molar-refractivity contribution in [1.82, 2.24) is 0 Å². The maximum absolute atomic E-state index is 3.36. The average Bonchev–Trinajstić information content (AvgIpc) is 2.38. The standard InChI is InChI=1S/C8H10.C3H6.C2H6/c1-8-6-4-2-3-5-7-8;1-3-2;1-2/h2-4,6-7H,5H2,1H3;3H,1H2,2H3;1-2H3. The van der Waals surface area contributed by atoms with Crippen LogP contribution in [0.1, 0.15) is 34.1 Å². The Bertz CT molecular complexity index is 177. The third-order valence-corrected chi connectivity index (χ3v) is 1.18. The van der Waals surface area contributed by atoms with Crippen molar-refractivity contribution in [3.8, 4) is 0 Å². The molecule has 1 aliphatic carbocycles. The predicted octanol–water partition coefficient (Wildman–Crippen LogP) is 4.67. The minimum Gasteiger partial charge on any atom is -0.103 e. The summed E-state index contributed by atoms with van der Waals surface area (Å²) in [7, 11) is 0. The van der Waals surface area contributed by atoms with E-state index in [1.165, 1.54) is 5.57 Å². The summed E-state index contributed by atoms with van der Waals surface area (Å²) in [4.78, 5) is 0. The number of rotatable bonds is 0. The first-order valence-corrected chi connectivity index (χ1v) is 4.88. The van der Waals surface area contributed by atoms with Crippen LogP contribution < -0.4 is 0 Å². The monoisotopic (exact) mass is 178 g/mol. The van der Waals surface area contributed by atoms with Crippen molar-refractivity contribution in [3.63, 3.8) is 0 Å². The van der Waals surface area contributed by atoms with Crippen molar-refractivity contribution >= 4 is 0 Å². The molecule has 0 fully saturated rings. The van der Waals surface area contributed by atoms with Gasteiger partial charge in [-0.05, 0) is 20.3 Å². The molecule has 0 nitrogen and oxygen atoms in total. The SMILES string of the molecule is C=CC.CC.CC1=CCC=CC=C1. The Labute approximate surface area is 83.4 Å². The molecule has 0 unspecified atom stereocenters. The van der Waals surface area contributed by atoms with Gasteiger partial charge in [0.2, 0.25) is 0 Å². The summed E-state index contributed by atoms with van der Waals surface area (Å²) in [5.74, 6) is 0. The van der Waals surface area contributed by atoms with Crippen molar-refractivity contribution in [2.24, 2.45) is 0 Å². The lowest BCUT2D eigenvalue weighted by molar-refractivity contribution is 1.35. The topological polar surface area (TPSA) is 0 Å². The predicted molar refractivity (Wildman–Crippen MR) is 63.9 cm³/mol. The summed E-state index contributed by atoms with van der Waals surface area (Å²) < 4.78 is 0. The number of allylic oxidation sites excluding steroid dienone is 7. The highest BCUT2D eigenvalue weighted by Gasteiger charge is 1.81. The number of hydrogen-bond acceptors (Lipinski definition) is 0. The van der Waals surface area contributed by atoms with Crippen LogP contribution in [0.5, 0.6) is 0 Å². The lowest BCUT2D eigenvalue weighted by atomic mass is 10.2. The Morgan fingerprint density at radius 3 is 2.38 bits per heavy atom. The van der Waals surface area contributed by atoms with Gasteiger partial charge in [0, 0.05) is 0 Å². The van der Waals surface area contributed by atoms with Gasteiger partial charge in [0.1, 0.15) is 0 Å². The van der Waals surface area contributed by atoms with E-state index in [0.29, 0.717) is 0 Å².